The molecule has 3 nitrogen and oxygen atoms in total. The van der Waals surface area contributed by atoms with Crippen molar-refractivity contribution in [3.63, 3.8) is 0 Å². The third-order valence-electron chi connectivity index (χ3n) is 3.33. The second-order valence-corrected chi connectivity index (χ2v) is 4.88. The molecule has 0 fully saturated rings. The zero-order valence-electron chi connectivity index (χ0n) is 11.6. The van der Waals surface area contributed by atoms with Gasteiger partial charge in [-0.3, -0.25) is 4.79 Å². The minimum atomic E-state index is -0.447. The van der Waals surface area contributed by atoms with Crippen molar-refractivity contribution in [3.8, 4) is 0 Å². The number of carbonyl (C=O) groups excluding carboxylic acids is 1. The van der Waals surface area contributed by atoms with Crippen LogP contribution in [0.4, 0.5) is 0 Å². The van der Waals surface area contributed by atoms with Crippen LogP contribution in [0.5, 0.6) is 0 Å². The SMILES string of the molecule is CCCC(C)N(C)C(=O)[C@H](N)Cc1ccccc1. The summed E-state index contributed by atoms with van der Waals surface area (Å²) in [5.74, 6) is 0.0276. The molecule has 0 saturated carbocycles. The highest BCUT2D eigenvalue weighted by molar-refractivity contribution is 5.82. The van der Waals surface area contributed by atoms with Crippen LogP contribution in [0.1, 0.15) is 32.3 Å². The highest BCUT2D eigenvalue weighted by atomic mass is 16.2. The summed E-state index contributed by atoms with van der Waals surface area (Å²) in [5, 5.41) is 0. The molecule has 0 spiro atoms. The van der Waals surface area contributed by atoms with Crippen molar-refractivity contribution in [2.75, 3.05) is 7.05 Å². The summed E-state index contributed by atoms with van der Waals surface area (Å²) in [5.41, 5.74) is 7.10. The van der Waals surface area contributed by atoms with Gasteiger partial charge in [0.2, 0.25) is 5.91 Å². The molecule has 2 atom stereocenters. The molecule has 0 aromatic heterocycles. The zero-order valence-corrected chi connectivity index (χ0v) is 11.6. The van der Waals surface area contributed by atoms with E-state index in [4.69, 9.17) is 5.73 Å². The van der Waals surface area contributed by atoms with E-state index in [9.17, 15) is 4.79 Å². The lowest BCUT2D eigenvalue weighted by Gasteiger charge is -2.27. The molecule has 100 valence electrons. The van der Waals surface area contributed by atoms with Gasteiger partial charge in [0.1, 0.15) is 0 Å². The first-order valence-electron chi connectivity index (χ1n) is 6.62. The number of benzene rings is 1. The fourth-order valence-corrected chi connectivity index (χ4v) is 2.05. The van der Waals surface area contributed by atoms with Crippen LogP contribution in [0.2, 0.25) is 0 Å². The second kappa shape index (κ2) is 7.17. The van der Waals surface area contributed by atoms with Crippen LogP contribution in [0.3, 0.4) is 0 Å². The lowest BCUT2D eigenvalue weighted by molar-refractivity contribution is -0.133. The minimum absolute atomic E-state index is 0.0276. The zero-order chi connectivity index (χ0) is 13.5. The Labute approximate surface area is 110 Å². The van der Waals surface area contributed by atoms with Gasteiger partial charge >= 0.3 is 0 Å². The summed E-state index contributed by atoms with van der Waals surface area (Å²) in [7, 11) is 1.84. The van der Waals surface area contributed by atoms with E-state index in [2.05, 4.69) is 13.8 Å². The van der Waals surface area contributed by atoms with E-state index >= 15 is 0 Å². The highest BCUT2D eigenvalue weighted by Crippen LogP contribution is 2.08. The van der Waals surface area contributed by atoms with Gasteiger partial charge in [-0.2, -0.15) is 0 Å². The Balaban J connectivity index is 2.56. The number of carbonyl (C=O) groups is 1. The average Bonchev–Trinajstić information content (AvgIpc) is 2.38. The molecular formula is C15H24N2O. The molecule has 0 aliphatic heterocycles. The molecule has 0 saturated heterocycles. The van der Waals surface area contributed by atoms with E-state index in [1.807, 2.05) is 37.4 Å². The number of hydrogen-bond acceptors (Lipinski definition) is 2. The number of rotatable bonds is 6. The summed E-state index contributed by atoms with van der Waals surface area (Å²) in [6, 6.07) is 9.71. The molecule has 0 bridgehead atoms. The van der Waals surface area contributed by atoms with Crippen LogP contribution >= 0.6 is 0 Å². The third-order valence-corrected chi connectivity index (χ3v) is 3.33. The molecule has 18 heavy (non-hydrogen) atoms. The maximum Gasteiger partial charge on any atom is 0.239 e. The van der Waals surface area contributed by atoms with Gasteiger partial charge in [-0.25, -0.2) is 0 Å². The summed E-state index contributed by atoms with van der Waals surface area (Å²) in [6.07, 6.45) is 2.69. The molecule has 3 heteroatoms. The first kappa shape index (κ1) is 14.7. The smallest absolute Gasteiger partial charge is 0.239 e. The maximum absolute atomic E-state index is 12.2. The Morgan fingerprint density at radius 3 is 2.50 bits per heavy atom. The number of nitrogens with two attached hydrogens (primary N) is 1. The molecule has 1 aromatic carbocycles. The van der Waals surface area contributed by atoms with Crippen LogP contribution in [-0.4, -0.2) is 29.9 Å². The molecule has 0 aliphatic carbocycles. The molecule has 0 heterocycles. The Bertz CT molecular complexity index is 364. The minimum Gasteiger partial charge on any atom is -0.342 e. The van der Waals surface area contributed by atoms with Crippen molar-refractivity contribution in [1.82, 2.24) is 4.90 Å². The Hall–Kier alpha value is -1.35. The summed E-state index contributed by atoms with van der Waals surface area (Å²) >= 11 is 0. The average molecular weight is 248 g/mol. The van der Waals surface area contributed by atoms with E-state index in [0.29, 0.717) is 6.42 Å². The third kappa shape index (κ3) is 4.15. The van der Waals surface area contributed by atoms with Crippen molar-refractivity contribution in [3.05, 3.63) is 35.9 Å². The van der Waals surface area contributed by atoms with Crippen LogP contribution < -0.4 is 5.73 Å². The van der Waals surface area contributed by atoms with Crippen molar-refractivity contribution in [2.24, 2.45) is 5.73 Å². The Morgan fingerprint density at radius 1 is 1.33 bits per heavy atom. The van der Waals surface area contributed by atoms with Crippen LogP contribution in [-0.2, 0) is 11.2 Å². The Kier molecular flexibility index (Phi) is 5.86. The van der Waals surface area contributed by atoms with E-state index in [1.165, 1.54) is 0 Å². The first-order valence-corrected chi connectivity index (χ1v) is 6.62. The van der Waals surface area contributed by atoms with Gasteiger partial charge < -0.3 is 10.6 Å². The lowest BCUT2D eigenvalue weighted by atomic mass is 10.0. The van der Waals surface area contributed by atoms with E-state index < -0.39 is 6.04 Å². The molecule has 0 aliphatic rings. The quantitative estimate of drug-likeness (QED) is 0.839. The second-order valence-electron chi connectivity index (χ2n) is 4.88. The molecule has 2 N–H and O–H groups in total. The number of nitrogens with zero attached hydrogens (tertiary/aromatic N) is 1. The van der Waals surface area contributed by atoms with Gasteiger partial charge in [-0.05, 0) is 25.3 Å². The fraction of sp³-hybridized carbons (Fsp3) is 0.533. The highest BCUT2D eigenvalue weighted by Gasteiger charge is 2.21. The van der Waals surface area contributed by atoms with E-state index in [1.54, 1.807) is 4.90 Å². The van der Waals surface area contributed by atoms with Crippen molar-refractivity contribution < 1.29 is 4.79 Å². The van der Waals surface area contributed by atoms with Gasteiger partial charge in [-0.1, -0.05) is 43.7 Å². The summed E-state index contributed by atoms with van der Waals surface area (Å²) < 4.78 is 0. The molecule has 1 aromatic rings. The lowest BCUT2D eigenvalue weighted by Crippen LogP contribution is -2.46. The monoisotopic (exact) mass is 248 g/mol. The normalized spacial score (nSPS) is 14.0. The predicted octanol–water partition coefficient (Wildman–Crippen LogP) is 2.20. The summed E-state index contributed by atoms with van der Waals surface area (Å²) in [4.78, 5) is 13.9. The molecule has 1 unspecified atom stereocenters. The number of amides is 1. The molecular weight excluding hydrogens is 224 g/mol. The van der Waals surface area contributed by atoms with Gasteiger partial charge in [0.15, 0.2) is 0 Å². The first-order chi connectivity index (χ1) is 8.56. The van der Waals surface area contributed by atoms with Crippen LogP contribution in [0.25, 0.3) is 0 Å². The molecule has 1 rings (SSSR count). The number of hydrogen-bond donors (Lipinski definition) is 1. The number of likely N-dealkylation sites (N-methyl/N-ethyl adjacent to an activating group) is 1. The fourth-order valence-electron chi connectivity index (χ4n) is 2.05. The topological polar surface area (TPSA) is 46.3 Å². The van der Waals surface area contributed by atoms with Crippen LogP contribution in [0, 0.1) is 0 Å². The largest absolute Gasteiger partial charge is 0.342 e. The maximum atomic E-state index is 12.2. The predicted molar refractivity (Wildman–Crippen MR) is 75.3 cm³/mol. The van der Waals surface area contributed by atoms with E-state index in [0.717, 1.165) is 18.4 Å². The molecule has 0 radical (unpaired) electrons. The van der Waals surface area contributed by atoms with Gasteiger partial charge in [0, 0.05) is 13.1 Å². The molecule has 1 amide bonds. The standard InChI is InChI=1S/C15H24N2O/c1-4-8-12(2)17(3)15(18)14(16)11-13-9-6-5-7-10-13/h5-7,9-10,12,14H,4,8,11,16H2,1-3H3/t12?,14-/m1/s1. The van der Waals surface area contributed by atoms with Crippen molar-refractivity contribution in [2.45, 2.75) is 45.2 Å². The Morgan fingerprint density at radius 2 is 1.94 bits per heavy atom. The van der Waals surface area contributed by atoms with E-state index in [-0.39, 0.29) is 11.9 Å². The van der Waals surface area contributed by atoms with Gasteiger partial charge in [-0.15, -0.1) is 0 Å². The van der Waals surface area contributed by atoms with Gasteiger partial charge in [0.25, 0.3) is 0 Å². The van der Waals surface area contributed by atoms with Crippen molar-refractivity contribution in [1.29, 1.82) is 0 Å². The van der Waals surface area contributed by atoms with Gasteiger partial charge in [0.05, 0.1) is 6.04 Å². The summed E-state index contributed by atoms with van der Waals surface area (Å²) in [6.45, 7) is 4.19. The van der Waals surface area contributed by atoms with Crippen LogP contribution in [0.15, 0.2) is 30.3 Å². The van der Waals surface area contributed by atoms with Crippen molar-refractivity contribution >= 4 is 5.91 Å².